The topological polar surface area (TPSA) is 65.0 Å². The molecule has 3 N–H and O–H groups in total. The fraction of sp³-hybridized carbons (Fsp3) is 0.294. The SMILES string of the molecule is CNCCCC1Oc2ccccc2N(c2cccc(F)c2)S1(O)O. The quantitative estimate of drug-likeness (QED) is 0.698. The van der Waals surface area contributed by atoms with E-state index in [1.807, 2.05) is 13.1 Å². The van der Waals surface area contributed by atoms with Gasteiger partial charge in [-0.3, -0.25) is 9.11 Å². The van der Waals surface area contributed by atoms with E-state index >= 15 is 0 Å². The van der Waals surface area contributed by atoms with Crippen molar-refractivity contribution in [1.29, 1.82) is 0 Å². The van der Waals surface area contributed by atoms with E-state index in [2.05, 4.69) is 5.32 Å². The van der Waals surface area contributed by atoms with Crippen LogP contribution in [0.2, 0.25) is 0 Å². The van der Waals surface area contributed by atoms with Crippen LogP contribution >= 0.6 is 10.8 Å². The van der Waals surface area contributed by atoms with Gasteiger partial charge < -0.3 is 10.1 Å². The molecule has 1 unspecified atom stereocenters. The Hall–Kier alpha value is -1.80. The minimum absolute atomic E-state index is 0.393. The van der Waals surface area contributed by atoms with E-state index in [-0.39, 0.29) is 0 Å². The van der Waals surface area contributed by atoms with E-state index in [0.717, 1.165) is 13.0 Å². The van der Waals surface area contributed by atoms with E-state index in [1.54, 1.807) is 30.3 Å². The summed E-state index contributed by atoms with van der Waals surface area (Å²) in [5, 5.41) is 3.03. The fourth-order valence-corrected chi connectivity index (χ4v) is 4.57. The Balaban J connectivity index is 2.03. The van der Waals surface area contributed by atoms with Crippen LogP contribution in [0.4, 0.5) is 15.8 Å². The van der Waals surface area contributed by atoms with Gasteiger partial charge in [0.15, 0.2) is 0 Å². The molecule has 1 aliphatic rings. The van der Waals surface area contributed by atoms with Crippen molar-refractivity contribution in [2.45, 2.75) is 18.3 Å². The van der Waals surface area contributed by atoms with Gasteiger partial charge in [-0.15, -0.1) is 0 Å². The highest BCUT2D eigenvalue weighted by molar-refractivity contribution is 8.26. The van der Waals surface area contributed by atoms with Gasteiger partial charge in [0.25, 0.3) is 0 Å². The van der Waals surface area contributed by atoms with Crippen LogP contribution in [0.15, 0.2) is 48.5 Å². The van der Waals surface area contributed by atoms with Gasteiger partial charge in [0, 0.05) is 6.42 Å². The Bertz CT molecular complexity index is 714. The Morgan fingerprint density at radius 2 is 2.00 bits per heavy atom. The van der Waals surface area contributed by atoms with Crippen molar-refractivity contribution < 1.29 is 18.2 Å². The van der Waals surface area contributed by atoms with Crippen molar-refractivity contribution >= 4 is 22.2 Å². The highest BCUT2D eigenvalue weighted by atomic mass is 32.3. The van der Waals surface area contributed by atoms with Crippen molar-refractivity contribution in [3.8, 4) is 5.75 Å². The number of nitrogens with zero attached hydrogens (tertiary/aromatic N) is 1. The number of anilines is 2. The second-order valence-corrected chi connectivity index (χ2v) is 7.61. The molecule has 0 aromatic heterocycles. The number of nitrogens with one attached hydrogen (secondary N) is 1. The minimum Gasteiger partial charge on any atom is -0.467 e. The number of ether oxygens (including phenoxy) is 1. The minimum atomic E-state index is -3.31. The van der Waals surface area contributed by atoms with Crippen molar-refractivity contribution in [3.05, 3.63) is 54.3 Å². The summed E-state index contributed by atoms with van der Waals surface area (Å²) in [6, 6.07) is 12.9. The van der Waals surface area contributed by atoms with Crippen LogP contribution < -0.4 is 14.4 Å². The monoisotopic (exact) mass is 352 g/mol. The maximum atomic E-state index is 13.7. The average molecular weight is 352 g/mol. The van der Waals surface area contributed by atoms with Crippen molar-refractivity contribution in [2.75, 3.05) is 17.9 Å². The molecule has 2 aromatic carbocycles. The second kappa shape index (κ2) is 6.98. The first-order valence-electron chi connectivity index (χ1n) is 7.77. The van der Waals surface area contributed by atoms with E-state index in [4.69, 9.17) is 4.74 Å². The molecule has 1 aliphatic heterocycles. The first kappa shape index (κ1) is 17.0. The number of halogens is 1. The first-order valence-corrected chi connectivity index (χ1v) is 9.34. The Kier molecular flexibility index (Phi) is 4.96. The molecule has 3 rings (SSSR count). The number of hydrogen-bond donors (Lipinski definition) is 3. The zero-order valence-corrected chi connectivity index (χ0v) is 14.2. The third-order valence-electron chi connectivity index (χ3n) is 3.87. The van der Waals surface area contributed by atoms with E-state index in [1.165, 1.54) is 16.4 Å². The summed E-state index contributed by atoms with van der Waals surface area (Å²) in [6.45, 7) is 0.747. The van der Waals surface area contributed by atoms with Gasteiger partial charge in [0.2, 0.25) is 5.44 Å². The van der Waals surface area contributed by atoms with E-state index < -0.39 is 22.0 Å². The molecule has 0 bridgehead atoms. The van der Waals surface area contributed by atoms with Crippen LogP contribution in [0.1, 0.15) is 12.8 Å². The van der Waals surface area contributed by atoms with Crippen LogP contribution in [0.25, 0.3) is 0 Å². The third-order valence-corrected chi connectivity index (χ3v) is 5.86. The summed E-state index contributed by atoms with van der Waals surface area (Å²) in [6.07, 6.45) is 1.21. The van der Waals surface area contributed by atoms with Gasteiger partial charge in [0.05, 0.1) is 5.69 Å². The zero-order valence-electron chi connectivity index (χ0n) is 13.4. The van der Waals surface area contributed by atoms with Gasteiger partial charge >= 0.3 is 0 Å². The summed E-state index contributed by atoms with van der Waals surface area (Å²) >= 11 is 0. The number of fused-ring (bicyclic) bond motifs is 1. The third kappa shape index (κ3) is 3.21. The van der Waals surface area contributed by atoms with Crippen molar-refractivity contribution in [1.82, 2.24) is 5.32 Å². The van der Waals surface area contributed by atoms with Crippen LogP contribution in [-0.4, -0.2) is 28.1 Å². The molecular weight excluding hydrogens is 331 g/mol. The highest BCUT2D eigenvalue weighted by Crippen LogP contribution is 2.61. The van der Waals surface area contributed by atoms with Gasteiger partial charge in [-0.25, -0.2) is 8.70 Å². The highest BCUT2D eigenvalue weighted by Gasteiger charge is 2.40. The van der Waals surface area contributed by atoms with Gasteiger partial charge in [0.1, 0.15) is 17.3 Å². The van der Waals surface area contributed by atoms with Crippen LogP contribution in [0.5, 0.6) is 5.75 Å². The number of para-hydroxylation sites is 2. The fourth-order valence-electron chi connectivity index (χ4n) is 2.75. The molecule has 0 saturated carbocycles. The summed E-state index contributed by atoms with van der Waals surface area (Å²) in [5.41, 5.74) is 0.140. The first-order chi connectivity index (χ1) is 11.5. The van der Waals surface area contributed by atoms with E-state index in [0.29, 0.717) is 23.5 Å². The van der Waals surface area contributed by atoms with E-state index in [9.17, 15) is 13.5 Å². The largest absolute Gasteiger partial charge is 0.467 e. The van der Waals surface area contributed by atoms with Crippen LogP contribution in [-0.2, 0) is 0 Å². The number of benzene rings is 2. The molecule has 130 valence electrons. The molecule has 2 aromatic rings. The second-order valence-electron chi connectivity index (χ2n) is 5.60. The smallest absolute Gasteiger partial charge is 0.206 e. The molecule has 0 spiro atoms. The lowest BCUT2D eigenvalue weighted by atomic mass is 10.2. The predicted molar refractivity (Wildman–Crippen MR) is 95.4 cm³/mol. The maximum Gasteiger partial charge on any atom is 0.206 e. The van der Waals surface area contributed by atoms with Crippen LogP contribution in [0, 0.1) is 5.82 Å². The standard InChI is InChI=1S/C17H21FN2O3S/c1-19-11-5-10-17-23-16-9-3-2-8-15(16)20(24(17,21)22)14-7-4-6-13(18)12-14/h2-4,6-9,12,17,19,21-22H,5,10-11H2,1H3. The normalized spacial score (nSPS) is 20.2. The summed E-state index contributed by atoms with van der Waals surface area (Å²) in [4.78, 5) is 0. The Labute approximate surface area is 142 Å². The molecule has 24 heavy (non-hydrogen) atoms. The van der Waals surface area contributed by atoms with Crippen molar-refractivity contribution in [2.24, 2.45) is 0 Å². The summed E-state index contributed by atoms with van der Waals surface area (Å²) in [7, 11) is -1.47. The molecule has 0 aliphatic carbocycles. The molecule has 1 heterocycles. The van der Waals surface area contributed by atoms with Gasteiger partial charge in [-0.1, -0.05) is 29.0 Å². The molecule has 1 atom stereocenters. The molecule has 0 saturated heterocycles. The predicted octanol–water partition coefficient (Wildman–Crippen LogP) is 4.35. The summed E-state index contributed by atoms with van der Waals surface area (Å²) in [5.74, 6) is 0.126. The zero-order chi connectivity index (χ0) is 17.2. The molecule has 5 nitrogen and oxygen atoms in total. The Morgan fingerprint density at radius 3 is 2.75 bits per heavy atom. The summed E-state index contributed by atoms with van der Waals surface area (Å²) < 4.78 is 42.7. The lowest BCUT2D eigenvalue weighted by Crippen LogP contribution is -2.39. The lowest BCUT2D eigenvalue weighted by Gasteiger charge is -2.51. The molecular formula is C17H21FN2O3S. The molecule has 0 fully saturated rings. The molecule has 0 amide bonds. The lowest BCUT2D eigenvalue weighted by molar-refractivity contribution is 0.235. The van der Waals surface area contributed by atoms with Crippen molar-refractivity contribution in [3.63, 3.8) is 0 Å². The number of hydrogen-bond acceptors (Lipinski definition) is 5. The van der Waals surface area contributed by atoms with Gasteiger partial charge in [-0.05, 0) is 50.3 Å². The number of rotatable bonds is 5. The molecule has 0 radical (unpaired) electrons. The average Bonchev–Trinajstić information content (AvgIpc) is 2.55. The maximum absolute atomic E-state index is 13.7. The van der Waals surface area contributed by atoms with Crippen LogP contribution in [0.3, 0.4) is 0 Å². The van der Waals surface area contributed by atoms with Gasteiger partial charge in [-0.2, -0.15) is 0 Å². The molecule has 7 heteroatoms. The Morgan fingerprint density at radius 1 is 1.21 bits per heavy atom.